The molecule has 1 atom stereocenters. The Morgan fingerprint density at radius 1 is 1.40 bits per heavy atom. The number of hydrogen-bond donors (Lipinski definition) is 1. The number of thioether (sulfide) groups is 1. The van der Waals surface area contributed by atoms with Crippen molar-refractivity contribution in [3.8, 4) is 11.5 Å². The fourth-order valence-corrected chi connectivity index (χ4v) is 3.20. The number of hydrogen-bond acceptors (Lipinski definition) is 6. The van der Waals surface area contributed by atoms with Crippen LogP contribution in [-0.4, -0.2) is 47.8 Å². The lowest BCUT2D eigenvalue weighted by atomic mass is 10.2. The highest BCUT2D eigenvalue weighted by atomic mass is 32.2. The highest BCUT2D eigenvalue weighted by Crippen LogP contribution is 2.32. The molecule has 0 aromatic heterocycles. The lowest BCUT2D eigenvalue weighted by Crippen LogP contribution is -2.35. The molecule has 1 aliphatic rings. The van der Waals surface area contributed by atoms with E-state index in [1.807, 2.05) is 6.92 Å². The molecule has 6 nitrogen and oxygen atoms in total. The lowest BCUT2D eigenvalue weighted by molar-refractivity contribution is -0.135. The fraction of sp³-hybridized carbons (Fsp3) is 0.353. The van der Waals surface area contributed by atoms with Crippen LogP contribution >= 0.6 is 24.0 Å². The first-order valence-corrected chi connectivity index (χ1v) is 8.93. The summed E-state index contributed by atoms with van der Waals surface area (Å²) in [4.78, 5) is 25.7. The van der Waals surface area contributed by atoms with Crippen molar-refractivity contribution < 1.29 is 19.1 Å². The highest BCUT2D eigenvalue weighted by molar-refractivity contribution is 8.26. The molecule has 0 aliphatic carbocycles. The van der Waals surface area contributed by atoms with E-state index in [9.17, 15) is 9.59 Å². The molecule has 8 heteroatoms. The van der Waals surface area contributed by atoms with Gasteiger partial charge in [0.1, 0.15) is 4.32 Å². The third-order valence-corrected chi connectivity index (χ3v) is 4.46. The Morgan fingerprint density at radius 3 is 2.68 bits per heavy atom. The Bertz CT molecular complexity index is 731. The molecule has 2 rings (SSSR count). The summed E-state index contributed by atoms with van der Waals surface area (Å²) >= 11 is 6.20. The number of ether oxygens (including phenoxy) is 2. The molecule has 1 N–H and O–H groups in total. The van der Waals surface area contributed by atoms with Gasteiger partial charge in [-0.1, -0.05) is 30.0 Å². The van der Waals surface area contributed by atoms with Gasteiger partial charge in [-0.05, 0) is 37.6 Å². The summed E-state index contributed by atoms with van der Waals surface area (Å²) in [7, 11) is 3.35. The van der Waals surface area contributed by atoms with Crippen molar-refractivity contribution in [2.45, 2.75) is 20.0 Å². The zero-order valence-electron chi connectivity index (χ0n) is 14.5. The maximum atomic E-state index is 12.0. The third-order valence-electron chi connectivity index (χ3n) is 3.30. The Labute approximate surface area is 156 Å². The molecule has 1 aromatic rings. The number of likely N-dealkylation sites (N-methyl/N-ethyl adjacent to an activating group) is 1. The topological polar surface area (TPSA) is 67.9 Å². The molecule has 1 saturated heterocycles. The van der Waals surface area contributed by atoms with Gasteiger partial charge >= 0.3 is 0 Å². The summed E-state index contributed by atoms with van der Waals surface area (Å²) in [5, 5.41) is 2.58. The number of nitrogens with zero attached hydrogens (tertiary/aromatic N) is 1. The number of amides is 2. The smallest absolute Gasteiger partial charge is 0.263 e. The molecule has 1 heterocycles. The van der Waals surface area contributed by atoms with E-state index in [1.54, 1.807) is 45.3 Å². The van der Waals surface area contributed by atoms with Crippen molar-refractivity contribution >= 4 is 46.2 Å². The molecule has 25 heavy (non-hydrogen) atoms. The normalized spacial score (nSPS) is 16.6. The van der Waals surface area contributed by atoms with Gasteiger partial charge in [0, 0.05) is 14.1 Å². The zero-order chi connectivity index (χ0) is 18.6. The first-order valence-electron chi connectivity index (χ1n) is 7.71. The minimum Gasteiger partial charge on any atom is -0.490 e. The van der Waals surface area contributed by atoms with Crippen LogP contribution in [0.3, 0.4) is 0 Å². The average Bonchev–Trinajstić information content (AvgIpc) is 2.86. The molecule has 1 fully saturated rings. The van der Waals surface area contributed by atoms with Crippen molar-refractivity contribution in [2.24, 2.45) is 0 Å². The van der Waals surface area contributed by atoms with Crippen LogP contribution in [0.15, 0.2) is 23.1 Å². The van der Waals surface area contributed by atoms with Gasteiger partial charge < -0.3 is 19.7 Å². The largest absolute Gasteiger partial charge is 0.490 e. The minimum absolute atomic E-state index is 0.138. The summed E-state index contributed by atoms with van der Waals surface area (Å²) in [5.41, 5.74) is 0.782. The van der Waals surface area contributed by atoms with Gasteiger partial charge in [0.25, 0.3) is 11.8 Å². The summed E-state index contributed by atoms with van der Waals surface area (Å²) in [6.45, 7) is 4.00. The van der Waals surface area contributed by atoms with Gasteiger partial charge in [-0.15, -0.1) is 0 Å². The minimum atomic E-state index is -0.632. The van der Waals surface area contributed by atoms with E-state index in [0.29, 0.717) is 27.3 Å². The third kappa shape index (κ3) is 4.96. The molecule has 0 spiro atoms. The molecule has 1 aromatic carbocycles. The summed E-state index contributed by atoms with van der Waals surface area (Å²) in [6, 6.07) is 5.30. The van der Waals surface area contributed by atoms with Gasteiger partial charge in [-0.25, -0.2) is 0 Å². The van der Waals surface area contributed by atoms with Crippen molar-refractivity contribution in [3.05, 3.63) is 28.7 Å². The fourth-order valence-electron chi connectivity index (χ4n) is 2.16. The van der Waals surface area contributed by atoms with E-state index in [4.69, 9.17) is 21.7 Å². The molecule has 134 valence electrons. The second-order valence-electron chi connectivity index (χ2n) is 5.48. The van der Waals surface area contributed by atoms with Crippen molar-refractivity contribution in [1.29, 1.82) is 0 Å². The van der Waals surface area contributed by atoms with Crippen molar-refractivity contribution in [1.82, 2.24) is 10.2 Å². The van der Waals surface area contributed by atoms with E-state index in [1.165, 1.54) is 16.7 Å². The molecule has 2 amide bonds. The van der Waals surface area contributed by atoms with Crippen LogP contribution in [0.4, 0.5) is 0 Å². The molecular weight excluding hydrogens is 360 g/mol. The Balaban J connectivity index is 2.25. The van der Waals surface area contributed by atoms with Gasteiger partial charge in [0.05, 0.1) is 11.5 Å². The van der Waals surface area contributed by atoms with E-state index in [2.05, 4.69) is 5.32 Å². The standard InChI is InChI=1S/C17H20N2O4S2/c1-5-22-13-8-11(9-14-15(20)18-17(24)25-14)6-7-12(13)23-10(2)16(21)19(3)4/h6-10H,5H2,1-4H3,(H,18,20,24)/b14-9+/t10-/m1/s1. The number of rotatable bonds is 6. The molecule has 0 radical (unpaired) electrons. The molecule has 1 aliphatic heterocycles. The molecular formula is C17H20N2O4S2. The van der Waals surface area contributed by atoms with E-state index in [0.717, 1.165) is 5.56 Å². The second kappa shape index (κ2) is 8.35. The first-order chi connectivity index (χ1) is 11.8. The quantitative estimate of drug-likeness (QED) is 0.604. The number of nitrogens with one attached hydrogen (secondary N) is 1. The Hall–Kier alpha value is -2.06. The maximum Gasteiger partial charge on any atom is 0.263 e. The van der Waals surface area contributed by atoms with Crippen molar-refractivity contribution in [3.63, 3.8) is 0 Å². The zero-order valence-corrected chi connectivity index (χ0v) is 16.1. The predicted octanol–water partition coefficient (Wildman–Crippen LogP) is 2.43. The molecule has 0 bridgehead atoms. The number of thiocarbonyl (C=S) groups is 1. The average molecular weight is 380 g/mol. The lowest BCUT2D eigenvalue weighted by Gasteiger charge is -2.20. The summed E-state index contributed by atoms with van der Waals surface area (Å²) < 4.78 is 11.8. The first kappa shape index (κ1) is 19.3. The monoisotopic (exact) mass is 380 g/mol. The maximum absolute atomic E-state index is 12.0. The van der Waals surface area contributed by atoms with Gasteiger partial charge in [0.15, 0.2) is 17.6 Å². The SMILES string of the molecule is CCOc1cc(/C=C2/SC(=S)NC2=O)ccc1O[C@H](C)C(=O)N(C)C. The van der Waals surface area contributed by atoms with Crippen LogP contribution in [0.25, 0.3) is 6.08 Å². The van der Waals surface area contributed by atoms with Gasteiger partial charge in [-0.2, -0.15) is 0 Å². The number of carbonyl (C=O) groups is 2. The number of benzene rings is 1. The van der Waals surface area contributed by atoms with Crippen LogP contribution < -0.4 is 14.8 Å². The van der Waals surface area contributed by atoms with E-state index in [-0.39, 0.29) is 11.8 Å². The Kier molecular flexibility index (Phi) is 6.44. The summed E-state index contributed by atoms with van der Waals surface area (Å²) in [6.07, 6.45) is 1.10. The van der Waals surface area contributed by atoms with E-state index < -0.39 is 6.10 Å². The second-order valence-corrected chi connectivity index (χ2v) is 7.20. The predicted molar refractivity (Wildman–Crippen MR) is 103 cm³/mol. The van der Waals surface area contributed by atoms with Crippen molar-refractivity contribution in [2.75, 3.05) is 20.7 Å². The van der Waals surface area contributed by atoms with E-state index >= 15 is 0 Å². The van der Waals surface area contributed by atoms with Crippen LogP contribution in [0.5, 0.6) is 11.5 Å². The van der Waals surface area contributed by atoms with Crippen LogP contribution in [0.2, 0.25) is 0 Å². The molecule has 0 unspecified atom stereocenters. The Morgan fingerprint density at radius 2 is 2.12 bits per heavy atom. The van der Waals surface area contributed by atoms with Crippen LogP contribution in [0.1, 0.15) is 19.4 Å². The van der Waals surface area contributed by atoms with Gasteiger partial charge in [-0.3, -0.25) is 9.59 Å². The van der Waals surface area contributed by atoms with Crippen LogP contribution in [0, 0.1) is 0 Å². The number of carbonyl (C=O) groups excluding carboxylic acids is 2. The van der Waals surface area contributed by atoms with Crippen LogP contribution in [-0.2, 0) is 9.59 Å². The van der Waals surface area contributed by atoms with Gasteiger partial charge in [0.2, 0.25) is 0 Å². The highest BCUT2D eigenvalue weighted by Gasteiger charge is 2.22. The summed E-state index contributed by atoms with van der Waals surface area (Å²) in [5.74, 6) is 0.645. The molecule has 0 saturated carbocycles.